The van der Waals surface area contributed by atoms with Gasteiger partial charge in [0.1, 0.15) is 18.2 Å². The lowest BCUT2D eigenvalue weighted by atomic mass is 9.97. The number of benzene rings is 2. The highest BCUT2D eigenvalue weighted by molar-refractivity contribution is 6.03. The molecule has 0 radical (unpaired) electrons. The third-order valence-electron chi connectivity index (χ3n) is 4.66. The maximum atomic E-state index is 14.4. The highest BCUT2D eigenvalue weighted by Crippen LogP contribution is 2.34. The number of nitrogens with zero attached hydrogens (tertiary/aromatic N) is 3. The van der Waals surface area contributed by atoms with Crippen molar-refractivity contribution >= 4 is 17.6 Å². The SMILES string of the molecule is CCNC(=O)N(C)CC(=O)N1N=C(c2ccccc2F)C[C@H]1c1ccccc1F. The molecule has 8 heteroatoms. The molecule has 3 rings (SSSR count). The Hall–Kier alpha value is -3.29. The largest absolute Gasteiger partial charge is 0.338 e. The molecule has 6 nitrogen and oxygen atoms in total. The van der Waals surface area contributed by atoms with Crippen molar-refractivity contribution in [3.63, 3.8) is 0 Å². The Morgan fingerprint density at radius 2 is 1.79 bits per heavy atom. The molecule has 152 valence electrons. The van der Waals surface area contributed by atoms with Crippen LogP contribution in [-0.2, 0) is 4.79 Å². The molecule has 1 aliphatic heterocycles. The van der Waals surface area contributed by atoms with Gasteiger partial charge < -0.3 is 10.2 Å². The standard InChI is InChI=1S/C21H22F2N4O2/c1-3-24-21(29)26(2)13-20(28)27-19(15-9-5-7-11-17(15)23)12-18(25-27)14-8-4-6-10-16(14)22/h4-11,19H,3,12-13H2,1-2H3,(H,24,29)/t19-/m0/s1. The number of hydrazone groups is 1. The number of hydrogen-bond donors (Lipinski definition) is 1. The second-order valence-electron chi connectivity index (χ2n) is 6.70. The first-order valence-electron chi connectivity index (χ1n) is 9.30. The van der Waals surface area contributed by atoms with Crippen molar-refractivity contribution in [2.24, 2.45) is 5.10 Å². The lowest BCUT2D eigenvalue weighted by Crippen LogP contribution is -2.43. The first kappa shape index (κ1) is 20.4. The van der Waals surface area contributed by atoms with E-state index in [0.29, 0.717) is 12.3 Å². The Kier molecular flexibility index (Phi) is 6.21. The minimum absolute atomic E-state index is 0.165. The number of halogens is 2. The fraction of sp³-hybridized carbons (Fsp3) is 0.286. The summed E-state index contributed by atoms with van der Waals surface area (Å²) in [6, 6.07) is 11.1. The number of rotatable bonds is 5. The molecular weight excluding hydrogens is 378 g/mol. The van der Waals surface area contributed by atoms with E-state index in [4.69, 9.17) is 0 Å². The number of likely N-dealkylation sites (N-methyl/N-ethyl adjacent to an activating group) is 1. The highest BCUT2D eigenvalue weighted by atomic mass is 19.1. The summed E-state index contributed by atoms with van der Waals surface area (Å²) in [7, 11) is 1.48. The van der Waals surface area contributed by atoms with Crippen LogP contribution >= 0.6 is 0 Å². The number of urea groups is 1. The molecule has 0 saturated heterocycles. The van der Waals surface area contributed by atoms with Gasteiger partial charge in [-0.05, 0) is 19.1 Å². The van der Waals surface area contributed by atoms with E-state index in [1.165, 1.54) is 24.1 Å². The van der Waals surface area contributed by atoms with Crippen LogP contribution in [0.2, 0.25) is 0 Å². The van der Waals surface area contributed by atoms with Crippen LogP contribution in [0.25, 0.3) is 0 Å². The van der Waals surface area contributed by atoms with Crippen LogP contribution < -0.4 is 5.32 Å². The molecule has 0 unspecified atom stereocenters. The average molecular weight is 400 g/mol. The molecule has 0 spiro atoms. The van der Waals surface area contributed by atoms with Crippen LogP contribution in [-0.4, -0.2) is 47.7 Å². The minimum Gasteiger partial charge on any atom is -0.338 e. The van der Waals surface area contributed by atoms with Gasteiger partial charge >= 0.3 is 6.03 Å². The minimum atomic E-state index is -0.721. The van der Waals surface area contributed by atoms with Gasteiger partial charge in [-0.3, -0.25) is 4.79 Å². The zero-order valence-corrected chi connectivity index (χ0v) is 16.2. The van der Waals surface area contributed by atoms with Crippen molar-refractivity contribution in [1.82, 2.24) is 15.2 Å². The first-order valence-corrected chi connectivity index (χ1v) is 9.30. The Morgan fingerprint density at radius 1 is 1.14 bits per heavy atom. The molecule has 2 aromatic rings. The van der Waals surface area contributed by atoms with Gasteiger partial charge in [-0.2, -0.15) is 5.10 Å². The number of carbonyl (C=O) groups excluding carboxylic acids is 2. The summed E-state index contributed by atoms with van der Waals surface area (Å²) in [6.07, 6.45) is 0.165. The van der Waals surface area contributed by atoms with Crippen molar-refractivity contribution in [2.45, 2.75) is 19.4 Å². The molecule has 29 heavy (non-hydrogen) atoms. The van der Waals surface area contributed by atoms with Crippen molar-refractivity contribution in [1.29, 1.82) is 0 Å². The molecule has 0 aromatic heterocycles. The first-order chi connectivity index (χ1) is 13.9. The second-order valence-corrected chi connectivity index (χ2v) is 6.70. The Balaban J connectivity index is 1.92. The van der Waals surface area contributed by atoms with E-state index in [-0.39, 0.29) is 24.1 Å². The van der Waals surface area contributed by atoms with Gasteiger partial charge in [0.15, 0.2) is 0 Å². The predicted octanol–water partition coefficient (Wildman–Crippen LogP) is 3.30. The quantitative estimate of drug-likeness (QED) is 0.837. The maximum Gasteiger partial charge on any atom is 0.317 e. The van der Waals surface area contributed by atoms with Crippen molar-refractivity contribution in [3.05, 3.63) is 71.3 Å². The fourth-order valence-corrected chi connectivity index (χ4v) is 3.22. The number of nitrogens with one attached hydrogen (secondary N) is 1. The zero-order chi connectivity index (χ0) is 21.0. The maximum absolute atomic E-state index is 14.4. The van der Waals surface area contributed by atoms with E-state index < -0.39 is 29.6 Å². The summed E-state index contributed by atoms with van der Waals surface area (Å²) in [5, 5.41) is 8.07. The van der Waals surface area contributed by atoms with E-state index >= 15 is 0 Å². The Morgan fingerprint density at radius 3 is 2.45 bits per heavy atom. The number of carbonyl (C=O) groups is 2. The molecule has 0 saturated carbocycles. The predicted molar refractivity (Wildman–Crippen MR) is 105 cm³/mol. The van der Waals surface area contributed by atoms with Crippen LogP contribution in [0.4, 0.5) is 13.6 Å². The molecule has 0 bridgehead atoms. The summed E-state index contributed by atoms with van der Waals surface area (Å²) >= 11 is 0. The molecule has 3 amide bonds. The van der Waals surface area contributed by atoms with Gasteiger partial charge in [0.05, 0.1) is 11.8 Å². The summed E-state index contributed by atoms with van der Waals surface area (Å²) in [6.45, 7) is 1.95. The molecule has 1 atom stereocenters. The van der Waals surface area contributed by atoms with Gasteiger partial charge in [0, 0.05) is 31.1 Å². The van der Waals surface area contributed by atoms with E-state index in [2.05, 4.69) is 10.4 Å². The molecule has 2 aromatic carbocycles. The van der Waals surface area contributed by atoms with E-state index in [9.17, 15) is 18.4 Å². The molecule has 1 N–H and O–H groups in total. The third-order valence-corrected chi connectivity index (χ3v) is 4.66. The van der Waals surface area contributed by atoms with Crippen LogP contribution in [0, 0.1) is 11.6 Å². The monoisotopic (exact) mass is 400 g/mol. The Bertz CT molecular complexity index is 948. The van der Waals surface area contributed by atoms with Crippen molar-refractivity contribution < 1.29 is 18.4 Å². The third kappa shape index (κ3) is 4.42. The van der Waals surface area contributed by atoms with Crippen LogP contribution in [0.3, 0.4) is 0 Å². The average Bonchev–Trinajstić information content (AvgIpc) is 3.14. The zero-order valence-electron chi connectivity index (χ0n) is 16.2. The van der Waals surface area contributed by atoms with Crippen LogP contribution in [0.5, 0.6) is 0 Å². The molecular formula is C21H22F2N4O2. The smallest absolute Gasteiger partial charge is 0.317 e. The molecule has 1 heterocycles. The molecule has 1 aliphatic rings. The van der Waals surface area contributed by atoms with Crippen molar-refractivity contribution in [3.8, 4) is 0 Å². The van der Waals surface area contributed by atoms with Gasteiger partial charge in [-0.1, -0.05) is 36.4 Å². The van der Waals surface area contributed by atoms with E-state index in [0.717, 1.165) is 5.01 Å². The van der Waals surface area contributed by atoms with Gasteiger partial charge in [0.25, 0.3) is 5.91 Å². The number of hydrogen-bond acceptors (Lipinski definition) is 3. The highest BCUT2D eigenvalue weighted by Gasteiger charge is 2.35. The Labute approximate surface area is 167 Å². The van der Waals surface area contributed by atoms with E-state index in [1.807, 2.05) is 0 Å². The lowest BCUT2D eigenvalue weighted by molar-refractivity contribution is -0.133. The van der Waals surface area contributed by atoms with Gasteiger partial charge in [0.2, 0.25) is 0 Å². The second kappa shape index (κ2) is 8.81. The summed E-state index contributed by atoms with van der Waals surface area (Å²) in [4.78, 5) is 26.1. The number of amides is 3. The summed E-state index contributed by atoms with van der Waals surface area (Å²) < 4.78 is 28.7. The lowest BCUT2D eigenvalue weighted by Gasteiger charge is -2.25. The summed E-state index contributed by atoms with van der Waals surface area (Å²) in [5.41, 5.74) is 0.906. The van der Waals surface area contributed by atoms with E-state index in [1.54, 1.807) is 43.3 Å². The summed E-state index contributed by atoms with van der Waals surface area (Å²) in [5.74, 6) is -1.43. The molecule has 0 aliphatic carbocycles. The van der Waals surface area contributed by atoms with Crippen LogP contribution in [0.1, 0.15) is 30.5 Å². The molecule has 0 fully saturated rings. The topological polar surface area (TPSA) is 65.0 Å². The van der Waals surface area contributed by atoms with Crippen molar-refractivity contribution in [2.75, 3.05) is 20.1 Å². The fourth-order valence-electron chi connectivity index (χ4n) is 3.22. The van der Waals surface area contributed by atoms with Gasteiger partial charge in [-0.15, -0.1) is 0 Å². The van der Waals surface area contributed by atoms with Crippen LogP contribution in [0.15, 0.2) is 53.6 Å². The van der Waals surface area contributed by atoms with Gasteiger partial charge in [-0.25, -0.2) is 18.6 Å². The normalized spacial score (nSPS) is 15.8.